The summed E-state index contributed by atoms with van der Waals surface area (Å²) in [6, 6.07) is -1.29. The molecule has 5 N–H and O–H groups in total. The van der Waals surface area contributed by atoms with Crippen LogP contribution in [0.15, 0.2) is 24.0 Å². The van der Waals surface area contributed by atoms with Crippen molar-refractivity contribution in [1.82, 2.24) is 0 Å². The number of rotatable bonds is 8. The Morgan fingerprint density at radius 2 is 2.10 bits per heavy atom. The zero-order chi connectivity index (χ0) is 15.1. The molecule has 0 spiro atoms. The lowest BCUT2D eigenvalue weighted by molar-refractivity contribution is -0.144. The van der Waals surface area contributed by atoms with Crippen molar-refractivity contribution in [2.24, 2.45) is 5.73 Å². The van der Waals surface area contributed by atoms with E-state index in [0.29, 0.717) is 18.6 Å². The molecule has 0 radical (unpaired) electrons. The summed E-state index contributed by atoms with van der Waals surface area (Å²) in [5.74, 6) is -1.48. The van der Waals surface area contributed by atoms with Crippen molar-refractivity contribution in [2.45, 2.75) is 37.5 Å². The van der Waals surface area contributed by atoms with Gasteiger partial charge in [0, 0.05) is 6.42 Å². The molecule has 1 rings (SSSR count). The Hall–Kier alpha value is -1.70. The molecule has 0 fully saturated rings. The highest BCUT2D eigenvalue weighted by Gasteiger charge is 2.33. The van der Waals surface area contributed by atoms with E-state index in [1.165, 1.54) is 0 Å². The molecule has 0 aliphatic heterocycles. The van der Waals surface area contributed by atoms with Gasteiger partial charge in [-0.1, -0.05) is 12.2 Å². The maximum Gasteiger partial charge on any atom is 0.305 e. The number of hydrogen-bond acceptors (Lipinski definition) is 6. The maximum atomic E-state index is 12.0. The summed E-state index contributed by atoms with van der Waals surface area (Å²) < 4.78 is 5.39. The highest BCUT2D eigenvalue weighted by molar-refractivity contribution is 5.91. The molecule has 7 heteroatoms. The van der Waals surface area contributed by atoms with Gasteiger partial charge in [-0.3, -0.25) is 9.59 Å². The highest BCUT2D eigenvalue weighted by Crippen LogP contribution is 2.17. The molecule has 20 heavy (non-hydrogen) atoms. The molecule has 0 heterocycles. The van der Waals surface area contributed by atoms with Gasteiger partial charge in [-0.05, 0) is 12.5 Å². The van der Waals surface area contributed by atoms with Crippen molar-refractivity contribution < 1.29 is 29.6 Å². The average molecular weight is 285 g/mol. The van der Waals surface area contributed by atoms with Crippen LogP contribution in [0, 0.1) is 0 Å². The second-order valence-electron chi connectivity index (χ2n) is 4.48. The summed E-state index contributed by atoms with van der Waals surface area (Å²) in [7, 11) is 0. The molecule has 0 aromatic carbocycles. The number of carbonyl (C=O) groups is 2. The van der Waals surface area contributed by atoms with Crippen LogP contribution in [0.4, 0.5) is 0 Å². The smallest absolute Gasteiger partial charge is 0.305 e. The minimum absolute atomic E-state index is 0.468. The van der Waals surface area contributed by atoms with Crippen molar-refractivity contribution in [3.05, 3.63) is 24.0 Å². The van der Waals surface area contributed by atoms with Crippen LogP contribution < -0.4 is 5.73 Å². The number of allylic oxidation sites excluding steroid dienone is 3. The van der Waals surface area contributed by atoms with E-state index in [-0.39, 0.29) is 0 Å². The first-order valence-corrected chi connectivity index (χ1v) is 6.26. The van der Waals surface area contributed by atoms with Crippen molar-refractivity contribution in [1.29, 1.82) is 0 Å². The van der Waals surface area contributed by atoms with Gasteiger partial charge in [-0.2, -0.15) is 0 Å². The molecule has 0 bridgehead atoms. The minimum atomic E-state index is -1.45. The summed E-state index contributed by atoms with van der Waals surface area (Å²) in [6.45, 7) is -0.681. The normalized spacial score (nSPS) is 18.9. The maximum absolute atomic E-state index is 12.0. The molecular weight excluding hydrogens is 266 g/mol. The van der Waals surface area contributed by atoms with Crippen LogP contribution in [-0.4, -0.2) is 51.9 Å². The van der Waals surface area contributed by atoms with Gasteiger partial charge in [0.25, 0.3) is 0 Å². The molecule has 0 saturated heterocycles. The van der Waals surface area contributed by atoms with Crippen molar-refractivity contribution in [3.63, 3.8) is 0 Å². The van der Waals surface area contributed by atoms with Gasteiger partial charge in [-0.25, -0.2) is 0 Å². The van der Waals surface area contributed by atoms with Gasteiger partial charge in [-0.15, -0.1) is 0 Å². The average Bonchev–Trinajstić information content (AvgIpc) is 2.43. The minimum Gasteiger partial charge on any atom is -0.484 e. The Bertz CT molecular complexity index is 417. The first-order valence-electron chi connectivity index (χ1n) is 6.26. The number of carbonyl (C=O) groups excluding carboxylic acids is 1. The Morgan fingerprint density at radius 3 is 2.60 bits per heavy atom. The molecule has 1 aliphatic carbocycles. The predicted molar refractivity (Wildman–Crippen MR) is 69.7 cm³/mol. The molecule has 0 aromatic rings. The summed E-state index contributed by atoms with van der Waals surface area (Å²) >= 11 is 0. The van der Waals surface area contributed by atoms with E-state index in [9.17, 15) is 14.7 Å². The lowest BCUT2D eigenvalue weighted by atomic mass is 10.0. The van der Waals surface area contributed by atoms with Gasteiger partial charge in [0.05, 0.1) is 24.8 Å². The fourth-order valence-electron chi connectivity index (χ4n) is 1.76. The van der Waals surface area contributed by atoms with Crippen molar-refractivity contribution >= 4 is 11.8 Å². The van der Waals surface area contributed by atoms with Gasteiger partial charge in [0.15, 0.2) is 11.9 Å². The zero-order valence-corrected chi connectivity index (χ0v) is 10.9. The number of aliphatic carboxylic acids is 1. The van der Waals surface area contributed by atoms with E-state index in [1.807, 2.05) is 12.2 Å². The molecule has 0 amide bonds. The van der Waals surface area contributed by atoms with Crippen molar-refractivity contribution in [2.75, 3.05) is 6.61 Å². The molecule has 112 valence electrons. The third-order valence-electron chi connectivity index (χ3n) is 2.82. The molecule has 0 saturated carbocycles. The summed E-state index contributed by atoms with van der Waals surface area (Å²) in [6.07, 6.45) is 3.24. The largest absolute Gasteiger partial charge is 0.484 e. The van der Waals surface area contributed by atoms with E-state index in [2.05, 4.69) is 0 Å². The highest BCUT2D eigenvalue weighted by atomic mass is 16.5. The lowest BCUT2D eigenvalue weighted by Gasteiger charge is -2.25. The quantitative estimate of drug-likeness (QED) is 0.435. The molecule has 1 aliphatic rings. The number of ketones is 1. The second-order valence-corrected chi connectivity index (χ2v) is 4.48. The van der Waals surface area contributed by atoms with Crippen LogP contribution in [0.3, 0.4) is 0 Å². The van der Waals surface area contributed by atoms with Gasteiger partial charge in [0.1, 0.15) is 6.10 Å². The van der Waals surface area contributed by atoms with E-state index >= 15 is 0 Å². The Labute approximate surface area is 116 Å². The first kappa shape index (κ1) is 16.4. The molecule has 0 aromatic heterocycles. The number of nitrogens with two attached hydrogens (primary N) is 1. The van der Waals surface area contributed by atoms with Crippen LogP contribution in [0.25, 0.3) is 0 Å². The lowest BCUT2D eigenvalue weighted by Crippen LogP contribution is -2.47. The fourth-order valence-corrected chi connectivity index (χ4v) is 1.76. The number of carboxylic acids is 1. The second kappa shape index (κ2) is 7.78. The summed E-state index contributed by atoms with van der Waals surface area (Å²) in [5, 5.41) is 27.3. The van der Waals surface area contributed by atoms with Crippen LogP contribution in [0.5, 0.6) is 0 Å². The predicted octanol–water partition coefficient (Wildman–Crippen LogP) is -0.670. The number of ether oxygens (including phenoxy) is 1. The SMILES string of the molecule is N[C@@H](CC(=O)O)C(=O)C(OC1=CCC=CC1)C(O)CO. The number of aliphatic hydroxyl groups is 2. The number of aliphatic hydroxyl groups excluding tert-OH is 2. The Balaban J connectivity index is 2.75. The van der Waals surface area contributed by atoms with Crippen LogP contribution >= 0.6 is 0 Å². The zero-order valence-electron chi connectivity index (χ0n) is 10.9. The topological polar surface area (TPSA) is 130 Å². The third kappa shape index (κ3) is 4.76. The number of hydrogen-bond donors (Lipinski definition) is 4. The van der Waals surface area contributed by atoms with E-state index in [1.54, 1.807) is 6.08 Å². The summed E-state index contributed by atoms with van der Waals surface area (Å²) in [4.78, 5) is 22.6. The molecule has 3 atom stereocenters. The fraction of sp³-hybridized carbons (Fsp3) is 0.538. The van der Waals surface area contributed by atoms with Crippen LogP contribution in [0.2, 0.25) is 0 Å². The van der Waals surface area contributed by atoms with Crippen LogP contribution in [0.1, 0.15) is 19.3 Å². The monoisotopic (exact) mass is 285 g/mol. The van der Waals surface area contributed by atoms with Crippen molar-refractivity contribution in [3.8, 4) is 0 Å². The van der Waals surface area contributed by atoms with Gasteiger partial charge in [0.2, 0.25) is 0 Å². The standard InChI is InChI=1S/C13H19NO6/c14-9(6-11(17)18)12(19)13(10(16)7-15)20-8-4-2-1-3-5-8/h1-2,5,9-10,13,15-16H,3-4,6-7,14H2,(H,17,18)/t9-,10?,13?/m0/s1. The first-order chi connectivity index (χ1) is 9.45. The molecule has 7 nitrogen and oxygen atoms in total. The third-order valence-corrected chi connectivity index (χ3v) is 2.82. The van der Waals surface area contributed by atoms with Gasteiger partial charge < -0.3 is 25.8 Å². The van der Waals surface area contributed by atoms with E-state index in [0.717, 1.165) is 0 Å². The number of Topliss-reactive ketones (excluding diaryl/α,β-unsaturated/α-hetero) is 1. The number of carboxylic acid groups (broad SMARTS) is 1. The Morgan fingerprint density at radius 1 is 1.40 bits per heavy atom. The van der Waals surface area contributed by atoms with E-state index < -0.39 is 43.0 Å². The molecule has 2 unspecified atom stereocenters. The molecular formula is C13H19NO6. The summed E-state index contributed by atoms with van der Waals surface area (Å²) in [5.41, 5.74) is 5.48. The van der Waals surface area contributed by atoms with Crippen LogP contribution in [-0.2, 0) is 14.3 Å². The van der Waals surface area contributed by atoms with E-state index in [4.69, 9.17) is 20.7 Å². The van der Waals surface area contributed by atoms with Gasteiger partial charge >= 0.3 is 5.97 Å². The Kier molecular flexibility index (Phi) is 6.37.